The first-order chi connectivity index (χ1) is 9.02. The highest BCUT2D eigenvalue weighted by atomic mass is 16.2. The first kappa shape index (κ1) is 13.0. The third kappa shape index (κ3) is 2.56. The van der Waals surface area contributed by atoms with Crippen molar-refractivity contribution in [3.05, 3.63) is 57.4 Å². The SMILES string of the molecule is Cc1ccc(C)c(-c2ccc(C(=O)NN)c(=O)[nH]2)c1. The van der Waals surface area contributed by atoms with Crippen LogP contribution in [0.3, 0.4) is 0 Å². The standard InChI is InChI=1S/C14H15N3O2/c1-8-3-4-9(2)11(7-8)12-6-5-10(13(18)16-12)14(19)17-15/h3-7H,15H2,1-2H3,(H,16,18)(H,17,19). The smallest absolute Gasteiger partial charge is 0.270 e. The summed E-state index contributed by atoms with van der Waals surface area (Å²) in [4.78, 5) is 25.9. The molecule has 0 saturated heterocycles. The first-order valence-corrected chi connectivity index (χ1v) is 5.85. The molecule has 4 N–H and O–H groups in total. The Bertz CT molecular complexity index is 689. The number of nitrogen functional groups attached to an aromatic ring is 1. The molecule has 1 heterocycles. The Balaban J connectivity index is 2.54. The van der Waals surface area contributed by atoms with Crippen molar-refractivity contribution in [3.63, 3.8) is 0 Å². The molecule has 1 aromatic carbocycles. The Kier molecular flexibility index (Phi) is 3.48. The van der Waals surface area contributed by atoms with Crippen LogP contribution in [-0.2, 0) is 0 Å². The van der Waals surface area contributed by atoms with Crippen LogP contribution < -0.4 is 16.8 Å². The minimum atomic E-state index is -0.603. The molecule has 0 aliphatic carbocycles. The molecular weight excluding hydrogens is 242 g/mol. The van der Waals surface area contributed by atoms with Crippen LogP contribution in [0.5, 0.6) is 0 Å². The van der Waals surface area contributed by atoms with Gasteiger partial charge in [-0.15, -0.1) is 0 Å². The fourth-order valence-electron chi connectivity index (χ4n) is 1.91. The molecule has 5 nitrogen and oxygen atoms in total. The summed E-state index contributed by atoms with van der Waals surface area (Å²) in [7, 11) is 0. The molecule has 0 radical (unpaired) electrons. The number of H-pyrrole nitrogens is 1. The van der Waals surface area contributed by atoms with Gasteiger partial charge in [-0.25, -0.2) is 5.84 Å². The number of nitrogens with two attached hydrogens (primary N) is 1. The number of hydrazine groups is 1. The van der Waals surface area contributed by atoms with E-state index in [1.165, 1.54) is 6.07 Å². The monoisotopic (exact) mass is 257 g/mol. The number of carbonyl (C=O) groups excluding carboxylic acids is 1. The summed E-state index contributed by atoms with van der Waals surface area (Å²) in [6.07, 6.45) is 0. The largest absolute Gasteiger partial charge is 0.321 e. The minimum Gasteiger partial charge on any atom is -0.321 e. The van der Waals surface area contributed by atoms with Crippen LogP contribution in [0.2, 0.25) is 0 Å². The number of carbonyl (C=O) groups is 1. The summed E-state index contributed by atoms with van der Waals surface area (Å²) < 4.78 is 0. The van der Waals surface area contributed by atoms with E-state index >= 15 is 0 Å². The molecule has 1 aromatic heterocycles. The lowest BCUT2D eigenvalue weighted by Gasteiger charge is -2.08. The highest BCUT2D eigenvalue weighted by molar-refractivity contribution is 5.93. The molecule has 0 bridgehead atoms. The quantitative estimate of drug-likeness (QED) is 0.430. The fraction of sp³-hybridized carbons (Fsp3) is 0.143. The second kappa shape index (κ2) is 5.07. The third-order valence-electron chi connectivity index (χ3n) is 2.97. The van der Waals surface area contributed by atoms with Crippen LogP contribution in [0.4, 0.5) is 0 Å². The molecule has 0 unspecified atom stereocenters. The number of amides is 1. The number of aromatic amines is 1. The van der Waals surface area contributed by atoms with Crippen LogP contribution >= 0.6 is 0 Å². The van der Waals surface area contributed by atoms with E-state index in [9.17, 15) is 9.59 Å². The van der Waals surface area contributed by atoms with Gasteiger partial charge in [-0.3, -0.25) is 15.0 Å². The van der Waals surface area contributed by atoms with E-state index in [1.807, 2.05) is 37.5 Å². The van der Waals surface area contributed by atoms with Gasteiger partial charge < -0.3 is 4.98 Å². The van der Waals surface area contributed by atoms with Gasteiger partial charge in [0.05, 0.1) is 0 Å². The van der Waals surface area contributed by atoms with Crippen molar-refractivity contribution in [1.29, 1.82) is 0 Å². The average Bonchev–Trinajstić information content (AvgIpc) is 2.40. The molecule has 0 spiro atoms. The Morgan fingerprint density at radius 3 is 2.58 bits per heavy atom. The van der Waals surface area contributed by atoms with Crippen LogP contribution in [-0.4, -0.2) is 10.9 Å². The van der Waals surface area contributed by atoms with Gasteiger partial charge in [0.1, 0.15) is 5.56 Å². The molecule has 0 saturated carbocycles. The summed E-state index contributed by atoms with van der Waals surface area (Å²) >= 11 is 0. The number of aromatic nitrogens is 1. The molecule has 5 heteroatoms. The number of aryl methyl sites for hydroxylation is 2. The van der Waals surface area contributed by atoms with E-state index in [4.69, 9.17) is 5.84 Å². The average molecular weight is 257 g/mol. The summed E-state index contributed by atoms with van der Waals surface area (Å²) in [5.41, 5.74) is 5.26. The lowest BCUT2D eigenvalue weighted by molar-refractivity contribution is 0.0952. The summed E-state index contributed by atoms with van der Waals surface area (Å²) in [5.74, 6) is 4.41. The topological polar surface area (TPSA) is 88.0 Å². The van der Waals surface area contributed by atoms with Crippen molar-refractivity contribution in [2.45, 2.75) is 13.8 Å². The first-order valence-electron chi connectivity index (χ1n) is 5.85. The fourth-order valence-corrected chi connectivity index (χ4v) is 1.91. The van der Waals surface area contributed by atoms with E-state index in [0.29, 0.717) is 5.69 Å². The predicted octanol–water partition coefficient (Wildman–Crippen LogP) is 1.26. The highest BCUT2D eigenvalue weighted by Crippen LogP contribution is 2.21. The number of rotatable bonds is 2. The van der Waals surface area contributed by atoms with Crippen molar-refractivity contribution in [1.82, 2.24) is 10.4 Å². The van der Waals surface area contributed by atoms with Crippen LogP contribution in [0, 0.1) is 13.8 Å². The zero-order chi connectivity index (χ0) is 14.0. The number of hydrogen-bond donors (Lipinski definition) is 3. The molecule has 19 heavy (non-hydrogen) atoms. The molecule has 2 aromatic rings. The van der Waals surface area contributed by atoms with Gasteiger partial charge in [0.2, 0.25) is 0 Å². The van der Waals surface area contributed by atoms with Gasteiger partial charge in [-0.05, 0) is 37.6 Å². The van der Waals surface area contributed by atoms with Crippen molar-refractivity contribution in [3.8, 4) is 11.3 Å². The minimum absolute atomic E-state index is 0.00319. The van der Waals surface area contributed by atoms with Crippen molar-refractivity contribution in [2.24, 2.45) is 5.84 Å². The summed E-state index contributed by atoms with van der Waals surface area (Å²) in [6.45, 7) is 3.95. The van der Waals surface area contributed by atoms with Gasteiger partial charge in [0, 0.05) is 11.3 Å². The van der Waals surface area contributed by atoms with Gasteiger partial charge in [0.15, 0.2) is 0 Å². The molecule has 0 aliphatic heterocycles. The van der Waals surface area contributed by atoms with Crippen LogP contribution in [0.1, 0.15) is 21.5 Å². The van der Waals surface area contributed by atoms with E-state index < -0.39 is 11.5 Å². The Labute approximate surface area is 110 Å². The molecule has 98 valence electrons. The van der Waals surface area contributed by atoms with E-state index in [-0.39, 0.29) is 5.56 Å². The molecule has 0 atom stereocenters. The molecule has 2 rings (SSSR count). The van der Waals surface area contributed by atoms with Gasteiger partial charge in [-0.2, -0.15) is 0 Å². The van der Waals surface area contributed by atoms with Crippen molar-refractivity contribution < 1.29 is 4.79 Å². The molecular formula is C14H15N3O2. The summed E-state index contributed by atoms with van der Waals surface area (Å²) in [5, 5.41) is 0. The maximum atomic E-state index is 11.8. The number of pyridine rings is 1. The van der Waals surface area contributed by atoms with Crippen molar-refractivity contribution >= 4 is 5.91 Å². The number of nitrogens with one attached hydrogen (secondary N) is 2. The maximum Gasteiger partial charge on any atom is 0.270 e. The third-order valence-corrected chi connectivity index (χ3v) is 2.97. The lowest BCUT2D eigenvalue weighted by atomic mass is 10.0. The number of hydrogen-bond acceptors (Lipinski definition) is 3. The van der Waals surface area contributed by atoms with Crippen LogP contribution in [0.15, 0.2) is 35.1 Å². The van der Waals surface area contributed by atoms with Gasteiger partial charge in [-0.1, -0.05) is 17.7 Å². The molecule has 0 fully saturated rings. The highest BCUT2D eigenvalue weighted by Gasteiger charge is 2.10. The Hall–Kier alpha value is -2.40. The Morgan fingerprint density at radius 2 is 1.95 bits per heavy atom. The second-order valence-electron chi connectivity index (χ2n) is 4.41. The molecule has 0 aliphatic rings. The normalized spacial score (nSPS) is 10.3. The van der Waals surface area contributed by atoms with Gasteiger partial charge in [0.25, 0.3) is 11.5 Å². The predicted molar refractivity (Wildman–Crippen MR) is 73.6 cm³/mol. The van der Waals surface area contributed by atoms with E-state index in [2.05, 4.69) is 4.98 Å². The maximum absolute atomic E-state index is 11.8. The van der Waals surface area contributed by atoms with E-state index in [1.54, 1.807) is 6.07 Å². The molecule has 1 amide bonds. The van der Waals surface area contributed by atoms with Crippen molar-refractivity contribution in [2.75, 3.05) is 0 Å². The van der Waals surface area contributed by atoms with E-state index in [0.717, 1.165) is 16.7 Å². The Morgan fingerprint density at radius 1 is 1.21 bits per heavy atom. The van der Waals surface area contributed by atoms with Crippen LogP contribution in [0.25, 0.3) is 11.3 Å². The lowest BCUT2D eigenvalue weighted by Crippen LogP contribution is -2.34. The van der Waals surface area contributed by atoms with Gasteiger partial charge >= 0.3 is 0 Å². The second-order valence-corrected chi connectivity index (χ2v) is 4.41. The zero-order valence-corrected chi connectivity index (χ0v) is 10.8. The summed E-state index contributed by atoms with van der Waals surface area (Å²) in [6, 6.07) is 9.16. The zero-order valence-electron chi connectivity index (χ0n) is 10.8. The number of benzene rings is 1.